The van der Waals surface area contributed by atoms with Gasteiger partial charge in [0.15, 0.2) is 7.26 Å². The van der Waals surface area contributed by atoms with Gasteiger partial charge >= 0.3 is 6.09 Å². The van der Waals surface area contributed by atoms with Crippen LogP contribution in [0.1, 0.15) is 6.92 Å². The Hall–Kier alpha value is -2.62. The van der Waals surface area contributed by atoms with E-state index in [1.165, 1.54) is 11.8 Å². The van der Waals surface area contributed by atoms with Gasteiger partial charge < -0.3 is 4.74 Å². The fourth-order valence-corrected chi connectivity index (χ4v) is 10.0. The zero-order chi connectivity index (χ0) is 29.9. The number of hydrogen-bond acceptors (Lipinski definition) is 7. The zero-order valence-corrected chi connectivity index (χ0v) is 25.6. The smallest absolute Gasteiger partial charge is 0.414 e. The van der Waals surface area contributed by atoms with Crippen molar-refractivity contribution in [2.24, 2.45) is 0 Å². The first kappa shape index (κ1) is 32.9. The van der Waals surface area contributed by atoms with Crippen molar-refractivity contribution in [1.29, 1.82) is 0 Å². The van der Waals surface area contributed by atoms with E-state index in [0.29, 0.717) is 14.8 Å². The Labute approximate surface area is 255 Å². The summed E-state index contributed by atoms with van der Waals surface area (Å²) in [5.41, 5.74) is 0.617. The molecule has 0 saturated carbocycles. The summed E-state index contributed by atoms with van der Waals surface area (Å²) in [6, 6.07) is 38.1. The molecule has 0 radical (unpaired) electrons. The molecular formula is C29H25Cl3NO6PS. The lowest BCUT2D eigenvalue weighted by atomic mass is 10.4. The second-order valence-electron chi connectivity index (χ2n) is 8.08. The van der Waals surface area contributed by atoms with Crippen LogP contribution in [0.2, 0.25) is 5.02 Å². The molecule has 0 unspecified atom stereocenters. The van der Waals surface area contributed by atoms with E-state index < -0.39 is 23.6 Å². The molecule has 1 amide bonds. The van der Waals surface area contributed by atoms with Crippen LogP contribution in [0.15, 0.2) is 130 Å². The predicted octanol–water partition coefficient (Wildman–Crippen LogP) is 2.78. The van der Waals surface area contributed by atoms with Crippen LogP contribution in [0.25, 0.3) is 0 Å². The summed E-state index contributed by atoms with van der Waals surface area (Å²) in [5.74, 6) is 0. The van der Waals surface area contributed by atoms with E-state index in [1.54, 1.807) is 6.92 Å². The van der Waals surface area contributed by atoms with Gasteiger partial charge in [0.25, 0.3) is 0 Å². The Bertz CT molecular complexity index is 1320. The van der Waals surface area contributed by atoms with Gasteiger partial charge in [0, 0.05) is 9.92 Å². The van der Waals surface area contributed by atoms with Crippen molar-refractivity contribution in [3.8, 4) is 0 Å². The van der Waals surface area contributed by atoms with E-state index in [4.69, 9.17) is 46.6 Å². The maximum Gasteiger partial charge on any atom is 0.414 e. The average Bonchev–Trinajstić information content (AvgIpc) is 2.95. The van der Waals surface area contributed by atoms with E-state index in [2.05, 4.69) is 41.7 Å². The van der Waals surface area contributed by atoms with Crippen LogP contribution in [0.5, 0.6) is 0 Å². The molecule has 1 N–H and O–H groups in total. The summed E-state index contributed by atoms with van der Waals surface area (Å²) >= 11 is 14.6. The van der Waals surface area contributed by atoms with Gasteiger partial charge in [-0.1, -0.05) is 89.6 Å². The van der Waals surface area contributed by atoms with Crippen LogP contribution >= 0.6 is 42.2 Å². The monoisotopic (exact) mass is 651 g/mol. The minimum Gasteiger partial charge on any atom is -0.450 e. The molecule has 0 heterocycles. The fourth-order valence-electron chi connectivity index (χ4n) is 3.97. The molecular weight excluding hydrogens is 628 g/mol. The molecule has 4 rings (SSSR count). The Morgan fingerprint density at radius 2 is 1.17 bits per heavy atom. The molecule has 0 aliphatic rings. The molecule has 0 aliphatic heterocycles. The summed E-state index contributed by atoms with van der Waals surface area (Å²) in [7, 11) is -7.60. The average molecular weight is 653 g/mol. The third-order valence-electron chi connectivity index (χ3n) is 5.47. The number of halogens is 3. The Balaban J connectivity index is 0.000000850. The molecule has 7 nitrogen and oxygen atoms in total. The number of thioether (sulfide) groups is 1. The van der Waals surface area contributed by atoms with Crippen molar-refractivity contribution >= 4 is 64.2 Å². The highest BCUT2D eigenvalue weighted by molar-refractivity contribution is 8.06. The lowest BCUT2D eigenvalue weighted by molar-refractivity contribution is -2.00. The summed E-state index contributed by atoms with van der Waals surface area (Å²) in [6.07, 6.45) is -0.547. The topological polar surface area (TPSA) is 131 Å². The summed E-state index contributed by atoms with van der Waals surface area (Å²) < 4.78 is 39.8. The lowest BCUT2D eigenvalue weighted by Crippen LogP contribution is -2.68. The second-order valence-corrected chi connectivity index (χ2v) is 14.3. The Morgan fingerprint density at radius 3 is 1.54 bits per heavy atom. The molecule has 0 atom stereocenters. The highest BCUT2D eigenvalue weighted by Gasteiger charge is 2.52. The molecule has 12 heteroatoms. The van der Waals surface area contributed by atoms with Crippen molar-refractivity contribution in [3.63, 3.8) is 0 Å². The normalized spacial score (nSPS) is 12.0. The van der Waals surface area contributed by atoms with Crippen LogP contribution in [0.4, 0.5) is 4.79 Å². The van der Waals surface area contributed by atoms with Crippen molar-refractivity contribution in [1.82, 2.24) is 5.32 Å². The van der Waals surface area contributed by atoms with Crippen LogP contribution in [-0.2, 0) is 4.74 Å². The van der Waals surface area contributed by atoms with Gasteiger partial charge in [-0.05, 0) is 67.6 Å². The molecule has 41 heavy (non-hydrogen) atoms. The first-order valence-electron chi connectivity index (χ1n) is 12.0. The largest absolute Gasteiger partial charge is 0.450 e. The SMILES string of the molecule is CCOC(=O)NC(=C(Cl)Sc1ccc(Cl)cc1)[P+](c1ccccc1)(c1ccccc1)c1ccccc1.[O-][Cl+3]([O-])([O-])[O-]. The minimum absolute atomic E-state index is 0.245. The predicted molar refractivity (Wildman–Crippen MR) is 155 cm³/mol. The number of carbonyl (C=O) groups excluding carboxylic acids is 1. The highest BCUT2D eigenvalue weighted by atomic mass is 35.7. The van der Waals surface area contributed by atoms with Crippen molar-refractivity contribution in [3.05, 3.63) is 130 Å². The molecule has 0 bridgehead atoms. The van der Waals surface area contributed by atoms with Gasteiger partial charge in [0.05, 0.1) is 6.61 Å². The summed E-state index contributed by atoms with van der Waals surface area (Å²) in [4.78, 5) is 13.9. The molecule has 0 saturated heterocycles. The summed E-state index contributed by atoms with van der Waals surface area (Å²) in [6.45, 7) is 2.02. The van der Waals surface area contributed by atoms with E-state index in [1.807, 2.05) is 78.9 Å². The Kier molecular flexibility index (Phi) is 12.5. The van der Waals surface area contributed by atoms with Crippen molar-refractivity contribution in [2.45, 2.75) is 11.8 Å². The number of ether oxygens (including phenoxy) is 1. The van der Waals surface area contributed by atoms with Crippen LogP contribution in [0.3, 0.4) is 0 Å². The third-order valence-corrected chi connectivity index (χ3v) is 11.5. The molecule has 214 valence electrons. The number of alkyl carbamates (subject to hydrolysis) is 1. The van der Waals surface area contributed by atoms with E-state index in [0.717, 1.165) is 20.8 Å². The number of nitrogens with one attached hydrogen (secondary N) is 1. The van der Waals surface area contributed by atoms with E-state index in [9.17, 15) is 4.79 Å². The third kappa shape index (κ3) is 9.45. The number of benzene rings is 4. The molecule has 0 aliphatic carbocycles. The first-order valence-corrected chi connectivity index (χ1v) is 16.6. The first-order chi connectivity index (χ1) is 19.6. The van der Waals surface area contributed by atoms with Crippen LogP contribution in [0, 0.1) is 10.2 Å². The van der Waals surface area contributed by atoms with Gasteiger partial charge in [-0.2, -0.15) is 0 Å². The molecule has 0 aromatic heterocycles. The quantitative estimate of drug-likeness (QED) is 0.229. The van der Waals surface area contributed by atoms with Gasteiger partial charge in [-0.3, -0.25) is 5.32 Å². The van der Waals surface area contributed by atoms with E-state index >= 15 is 0 Å². The number of hydrogen-bond donors (Lipinski definition) is 1. The van der Waals surface area contributed by atoms with Gasteiger partial charge in [0.2, 0.25) is 5.44 Å². The van der Waals surface area contributed by atoms with Gasteiger partial charge in [-0.25, -0.2) is 23.4 Å². The van der Waals surface area contributed by atoms with Crippen LogP contribution in [-0.4, -0.2) is 12.7 Å². The highest BCUT2D eigenvalue weighted by Crippen LogP contribution is 2.63. The van der Waals surface area contributed by atoms with Gasteiger partial charge in [-0.15, -0.1) is 10.2 Å². The lowest BCUT2D eigenvalue weighted by Gasteiger charge is -2.29. The van der Waals surface area contributed by atoms with E-state index in [-0.39, 0.29) is 6.61 Å². The molecule has 0 fully saturated rings. The fraction of sp³-hybridized carbons (Fsp3) is 0.0690. The summed E-state index contributed by atoms with van der Waals surface area (Å²) in [5, 5.41) is 6.90. The number of rotatable bonds is 8. The standard InChI is InChI=1S/C29H24Cl2NO2PS.ClHO4/c1-2-34-29(33)32-28(27(31)36-26-20-18-22(30)19-21-26)35(23-12-6-3-7-13-23,24-14-8-4-9-15-24)25-16-10-5-11-17-25;2-1(3,4)5/h3-21H,2H2,1H3;(H,2,3,4,5). The van der Waals surface area contributed by atoms with Crippen LogP contribution < -0.4 is 39.9 Å². The maximum absolute atomic E-state index is 13.0. The number of amides is 1. The molecule has 4 aromatic rings. The number of carbonyl (C=O) groups is 1. The second kappa shape index (κ2) is 15.6. The molecule has 0 spiro atoms. The minimum atomic E-state index is -4.94. The van der Waals surface area contributed by atoms with Crippen molar-refractivity contribution in [2.75, 3.05) is 6.61 Å². The van der Waals surface area contributed by atoms with Gasteiger partial charge in [0.1, 0.15) is 20.3 Å². The Morgan fingerprint density at radius 1 is 0.780 bits per heavy atom. The maximum atomic E-state index is 13.0. The zero-order valence-electron chi connectivity index (χ0n) is 21.6. The van der Waals surface area contributed by atoms with Crippen molar-refractivity contribution < 1.29 is 38.4 Å². The molecule has 4 aromatic carbocycles.